The summed E-state index contributed by atoms with van der Waals surface area (Å²) in [5.74, 6) is -1.82. The van der Waals surface area contributed by atoms with Crippen molar-refractivity contribution in [2.24, 2.45) is 0 Å². The van der Waals surface area contributed by atoms with Crippen LogP contribution in [0.2, 0.25) is 0 Å². The van der Waals surface area contributed by atoms with Crippen LogP contribution in [0.25, 0.3) is 11.4 Å². The molecule has 0 aliphatic rings. The van der Waals surface area contributed by atoms with Crippen molar-refractivity contribution >= 4 is 6.03 Å². The molecule has 2 heterocycles. The van der Waals surface area contributed by atoms with Gasteiger partial charge >= 0.3 is 24.3 Å². The number of amides is 2. The Morgan fingerprint density at radius 1 is 1.06 bits per heavy atom. The summed E-state index contributed by atoms with van der Waals surface area (Å²) in [6.45, 7) is 3.78. The van der Waals surface area contributed by atoms with Crippen LogP contribution in [-0.2, 0) is 25.2 Å². The molecule has 194 valence electrons. The molecular weight excluding hydrogens is 492 g/mol. The zero-order chi connectivity index (χ0) is 26.5. The lowest BCUT2D eigenvalue weighted by atomic mass is 9.94. The number of hydrogen-bond donors (Lipinski definition) is 2. The summed E-state index contributed by atoms with van der Waals surface area (Å²) >= 11 is 0. The van der Waals surface area contributed by atoms with Crippen molar-refractivity contribution in [1.29, 1.82) is 0 Å². The number of hydrogen-bond acceptors (Lipinski definition) is 5. The number of rotatable bonds is 8. The second-order valence-corrected chi connectivity index (χ2v) is 7.88. The lowest BCUT2D eigenvalue weighted by Crippen LogP contribution is -2.38. The summed E-state index contributed by atoms with van der Waals surface area (Å²) in [5, 5.41) is 8.49. The van der Waals surface area contributed by atoms with Gasteiger partial charge in [-0.25, -0.2) is 4.79 Å². The van der Waals surface area contributed by atoms with Crippen molar-refractivity contribution in [3.05, 3.63) is 64.8 Å². The average Bonchev–Trinajstić information content (AvgIpc) is 3.30. The minimum absolute atomic E-state index is 0.0158. The number of halogens is 6. The normalized spacial score (nSPS) is 12.9. The van der Waals surface area contributed by atoms with E-state index in [0.29, 0.717) is 18.7 Å². The Morgan fingerprint density at radius 2 is 1.81 bits per heavy atom. The van der Waals surface area contributed by atoms with Gasteiger partial charge in [0.25, 0.3) is 0 Å². The number of carbonyl (C=O) groups is 1. The summed E-state index contributed by atoms with van der Waals surface area (Å²) < 4.78 is 83.4. The van der Waals surface area contributed by atoms with Gasteiger partial charge < -0.3 is 15.2 Å². The SMILES string of the molecule is CCCc1ccc(C(Cc2ccc(-c3noc(C(F)(F)F)n3)cn2)NC(=O)NCC)cc1C(F)(F)F. The molecule has 36 heavy (non-hydrogen) atoms. The second-order valence-electron chi connectivity index (χ2n) is 7.88. The zero-order valence-corrected chi connectivity index (χ0v) is 19.3. The molecule has 0 spiro atoms. The number of carbonyl (C=O) groups excluding carboxylic acids is 1. The first-order chi connectivity index (χ1) is 16.9. The molecule has 0 aliphatic carbocycles. The minimum Gasteiger partial charge on any atom is -0.338 e. The van der Waals surface area contributed by atoms with E-state index in [9.17, 15) is 31.1 Å². The van der Waals surface area contributed by atoms with Crippen molar-refractivity contribution in [1.82, 2.24) is 25.8 Å². The first-order valence-electron chi connectivity index (χ1n) is 11.0. The summed E-state index contributed by atoms with van der Waals surface area (Å²) in [6, 6.07) is 5.38. The van der Waals surface area contributed by atoms with E-state index in [-0.39, 0.29) is 35.4 Å². The highest BCUT2D eigenvalue weighted by molar-refractivity contribution is 5.74. The van der Waals surface area contributed by atoms with E-state index in [4.69, 9.17) is 0 Å². The molecule has 13 heteroatoms. The van der Waals surface area contributed by atoms with Gasteiger partial charge in [0.2, 0.25) is 5.82 Å². The molecular formula is C23H23F6N5O2. The first kappa shape index (κ1) is 27.0. The molecule has 7 nitrogen and oxygen atoms in total. The Morgan fingerprint density at radius 3 is 2.36 bits per heavy atom. The fourth-order valence-corrected chi connectivity index (χ4v) is 3.53. The van der Waals surface area contributed by atoms with Gasteiger partial charge in [-0.05, 0) is 42.7 Å². The third-order valence-corrected chi connectivity index (χ3v) is 5.17. The van der Waals surface area contributed by atoms with Crippen molar-refractivity contribution in [2.75, 3.05) is 6.54 Å². The van der Waals surface area contributed by atoms with Crippen LogP contribution in [-0.4, -0.2) is 27.7 Å². The lowest BCUT2D eigenvalue weighted by Gasteiger charge is -2.22. The third kappa shape index (κ3) is 6.73. The Kier molecular flexibility index (Phi) is 8.21. The van der Waals surface area contributed by atoms with Gasteiger partial charge in [0, 0.05) is 30.4 Å². The molecule has 0 radical (unpaired) electrons. The van der Waals surface area contributed by atoms with Gasteiger partial charge in [-0.3, -0.25) is 4.98 Å². The largest absolute Gasteiger partial charge is 0.471 e. The maximum atomic E-state index is 13.7. The Balaban J connectivity index is 1.89. The lowest BCUT2D eigenvalue weighted by molar-refractivity contribution is -0.159. The van der Waals surface area contributed by atoms with Crippen LogP contribution in [0, 0.1) is 0 Å². The number of alkyl halides is 6. The number of nitrogens with one attached hydrogen (secondary N) is 2. The van der Waals surface area contributed by atoms with Crippen LogP contribution in [0.1, 0.15) is 54.6 Å². The molecule has 1 atom stereocenters. The number of pyridine rings is 1. The summed E-state index contributed by atoms with van der Waals surface area (Å²) in [6.07, 6.45) is -7.35. The van der Waals surface area contributed by atoms with Gasteiger partial charge in [-0.15, -0.1) is 0 Å². The number of aryl methyl sites for hydroxylation is 1. The van der Waals surface area contributed by atoms with Crippen LogP contribution in [0.4, 0.5) is 31.1 Å². The smallest absolute Gasteiger partial charge is 0.338 e. The Hall–Kier alpha value is -3.64. The van der Waals surface area contributed by atoms with E-state index < -0.39 is 35.9 Å². The highest BCUT2D eigenvalue weighted by Gasteiger charge is 2.38. The van der Waals surface area contributed by atoms with Crippen LogP contribution >= 0.6 is 0 Å². The predicted molar refractivity (Wildman–Crippen MR) is 117 cm³/mol. The van der Waals surface area contributed by atoms with Gasteiger partial charge in [0.15, 0.2) is 0 Å². The molecule has 1 aromatic carbocycles. The highest BCUT2D eigenvalue weighted by Crippen LogP contribution is 2.35. The summed E-state index contributed by atoms with van der Waals surface area (Å²) in [5.41, 5.74) is 0.129. The maximum absolute atomic E-state index is 13.7. The fraction of sp³-hybridized carbons (Fsp3) is 0.391. The van der Waals surface area contributed by atoms with Crippen molar-refractivity contribution in [2.45, 2.75) is 51.5 Å². The summed E-state index contributed by atoms with van der Waals surface area (Å²) in [4.78, 5) is 19.7. The van der Waals surface area contributed by atoms with E-state index in [1.54, 1.807) is 13.8 Å². The fourth-order valence-electron chi connectivity index (χ4n) is 3.53. The number of aromatic nitrogens is 3. The van der Waals surface area contributed by atoms with Crippen LogP contribution in [0.5, 0.6) is 0 Å². The van der Waals surface area contributed by atoms with Crippen molar-refractivity contribution in [3.8, 4) is 11.4 Å². The number of urea groups is 1. The molecule has 3 aromatic rings. The van der Waals surface area contributed by atoms with Crippen LogP contribution in [0.3, 0.4) is 0 Å². The van der Waals surface area contributed by atoms with Crippen molar-refractivity contribution in [3.63, 3.8) is 0 Å². The standard InChI is InChI=1S/C23H23F6N5O2/c1-3-5-13-6-7-14(10-17(13)22(24,25)26)18(32-21(35)30-4-2)11-16-9-8-15(12-31-16)19-33-20(36-34-19)23(27,28)29/h6-10,12,18H,3-5,11H2,1-2H3,(H2,30,32,35). The average molecular weight is 515 g/mol. The van der Waals surface area contributed by atoms with E-state index >= 15 is 0 Å². The second kappa shape index (κ2) is 11.0. The van der Waals surface area contributed by atoms with E-state index in [1.807, 2.05) is 0 Å². The molecule has 2 amide bonds. The molecule has 2 aromatic heterocycles. The van der Waals surface area contributed by atoms with E-state index in [1.165, 1.54) is 30.5 Å². The van der Waals surface area contributed by atoms with Gasteiger partial charge in [-0.1, -0.05) is 30.6 Å². The predicted octanol–water partition coefficient (Wildman–Crippen LogP) is 5.72. The highest BCUT2D eigenvalue weighted by atomic mass is 19.4. The Bertz CT molecular complexity index is 1170. The molecule has 0 saturated heterocycles. The first-order valence-corrected chi connectivity index (χ1v) is 11.0. The van der Waals surface area contributed by atoms with E-state index in [0.717, 1.165) is 6.07 Å². The third-order valence-electron chi connectivity index (χ3n) is 5.17. The number of benzene rings is 1. The topological polar surface area (TPSA) is 92.9 Å². The van der Waals surface area contributed by atoms with Crippen LogP contribution in [0.15, 0.2) is 41.1 Å². The van der Waals surface area contributed by atoms with Gasteiger partial charge in [0.1, 0.15) is 0 Å². The quantitative estimate of drug-likeness (QED) is 0.374. The maximum Gasteiger partial charge on any atom is 0.471 e. The van der Waals surface area contributed by atoms with Crippen LogP contribution < -0.4 is 10.6 Å². The number of nitrogens with zero attached hydrogens (tertiary/aromatic N) is 3. The molecule has 0 fully saturated rings. The van der Waals surface area contributed by atoms with Gasteiger partial charge in [0.05, 0.1) is 11.6 Å². The zero-order valence-electron chi connectivity index (χ0n) is 19.3. The Labute approximate surface area is 202 Å². The molecule has 0 aliphatic heterocycles. The van der Waals surface area contributed by atoms with Crippen molar-refractivity contribution < 1.29 is 35.7 Å². The molecule has 0 bridgehead atoms. The van der Waals surface area contributed by atoms with Gasteiger partial charge in [-0.2, -0.15) is 31.3 Å². The summed E-state index contributed by atoms with van der Waals surface area (Å²) in [7, 11) is 0. The van der Waals surface area contributed by atoms with E-state index in [2.05, 4.69) is 30.3 Å². The minimum atomic E-state index is -4.79. The molecule has 3 rings (SSSR count). The molecule has 2 N–H and O–H groups in total. The molecule has 0 saturated carbocycles. The molecule has 1 unspecified atom stereocenters. The monoisotopic (exact) mass is 515 g/mol.